The summed E-state index contributed by atoms with van der Waals surface area (Å²) in [7, 11) is 1.43. The molecule has 7 nitrogen and oxygen atoms in total. The summed E-state index contributed by atoms with van der Waals surface area (Å²) in [5, 5.41) is 0.545. The van der Waals surface area contributed by atoms with Crippen molar-refractivity contribution >= 4 is 22.8 Å². The Morgan fingerprint density at radius 2 is 2.15 bits per heavy atom. The molecular weight excluding hydrogens is 260 g/mol. The molecule has 0 saturated heterocycles. The van der Waals surface area contributed by atoms with Crippen molar-refractivity contribution in [3.8, 4) is 0 Å². The third-order valence-corrected chi connectivity index (χ3v) is 2.77. The number of amides is 1. The Morgan fingerprint density at radius 3 is 2.85 bits per heavy atom. The Hall–Kier alpha value is -2.41. The van der Waals surface area contributed by atoms with Crippen LogP contribution in [-0.2, 0) is 16.1 Å². The Bertz CT molecular complexity index is 681. The molecule has 0 aliphatic carbocycles. The molecule has 1 aromatic heterocycles. The van der Waals surface area contributed by atoms with E-state index in [1.54, 1.807) is 24.3 Å². The lowest BCUT2D eigenvalue weighted by molar-refractivity contribution is -0.124. The number of fused-ring (bicyclic) bond motifs is 1. The summed E-state index contributed by atoms with van der Waals surface area (Å²) in [6, 6.07) is 7.07. The minimum absolute atomic E-state index is 0.0725. The number of rotatable bonds is 5. The third kappa shape index (κ3) is 2.77. The molecule has 1 aromatic carbocycles. The summed E-state index contributed by atoms with van der Waals surface area (Å²) >= 11 is 0. The van der Waals surface area contributed by atoms with Crippen LogP contribution in [0.15, 0.2) is 29.1 Å². The zero-order valence-corrected chi connectivity index (χ0v) is 11.3. The second-order valence-corrected chi connectivity index (χ2v) is 4.11. The smallest absolute Gasteiger partial charge is 0.264 e. The number of hydrogen-bond donors (Lipinski definition) is 2. The van der Waals surface area contributed by atoms with Crippen LogP contribution in [0.4, 0.5) is 5.95 Å². The van der Waals surface area contributed by atoms with Gasteiger partial charge in [-0.1, -0.05) is 12.1 Å². The molecule has 0 aliphatic heterocycles. The fourth-order valence-electron chi connectivity index (χ4n) is 1.85. The molecule has 0 spiro atoms. The predicted octanol–water partition coefficient (Wildman–Crippen LogP) is 0.506. The number of hydrogen-bond acceptors (Lipinski definition) is 5. The Balaban J connectivity index is 2.37. The lowest BCUT2D eigenvalue weighted by Crippen LogP contribution is -2.36. The molecule has 0 atom stereocenters. The van der Waals surface area contributed by atoms with Gasteiger partial charge in [-0.2, -0.15) is 0 Å². The first kappa shape index (κ1) is 14.0. The van der Waals surface area contributed by atoms with Crippen LogP contribution in [0.2, 0.25) is 0 Å². The van der Waals surface area contributed by atoms with Crippen LogP contribution in [-0.4, -0.2) is 29.2 Å². The SMILES string of the molecule is CCn1c(NNC(=O)COC)nc2ccccc2c1=O. The topological polar surface area (TPSA) is 85.2 Å². The van der Waals surface area contributed by atoms with Crippen LogP contribution in [0.25, 0.3) is 10.9 Å². The van der Waals surface area contributed by atoms with Crippen LogP contribution >= 0.6 is 0 Å². The zero-order valence-electron chi connectivity index (χ0n) is 11.3. The van der Waals surface area contributed by atoms with E-state index in [1.807, 2.05) is 6.92 Å². The Morgan fingerprint density at radius 1 is 1.40 bits per heavy atom. The van der Waals surface area contributed by atoms with Crippen molar-refractivity contribution in [1.82, 2.24) is 15.0 Å². The molecule has 0 fully saturated rings. The summed E-state index contributed by atoms with van der Waals surface area (Å²) in [5.74, 6) is -0.0572. The number of nitrogens with one attached hydrogen (secondary N) is 2. The maximum atomic E-state index is 12.3. The Labute approximate surface area is 115 Å². The predicted molar refractivity (Wildman–Crippen MR) is 75.3 cm³/mol. The van der Waals surface area contributed by atoms with Crippen LogP contribution in [0.5, 0.6) is 0 Å². The molecule has 0 bridgehead atoms. The third-order valence-electron chi connectivity index (χ3n) is 2.77. The second kappa shape index (κ2) is 6.16. The highest BCUT2D eigenvalue weighted by Gasteiger charge is 2.10. The van der Waals surface area contributed by atoms with E-state index in [1.165, 1.54) is 11.7 Å². The van der Waals surface area contributed by atoms with Crippen LogP contribution < -0.4 is 16.4 Å². The Kier molecular flexibility index (Phi) is 4.31. The molecule has 0 aliphatic rings. The van der Waals surface area contributed by atoms with Gasteiger partial charge in [-0.05, 0) is 19.1 Å². The number of benzene rings is 1. The molecule has 1 amide bonds. The molecule has 2 rings (SSSR count). The minimum Gasteiger partial charge on any atom is -0.375 e. The largest absolute Gasteiger partial charge is 0.375 e. The first-order valence-electron chi connectivity index (χ1n) is 6.20. The molecule has 7 heteroatoms. The average Bonchev–Trinajstić information content (AvgIpc) is 2.46. The van der Waals surface area contributed by atoms with Gasteiger partial charge >= 0.3 is 0 Å². The number of hydrazine groups is 1. The average molecular weight is 276 g/mol. The van der Waals surface area contributed by atoms with E-state index >= 15 is 0 Å². The summed E-state index contributed by atoms with van der Waals surface area (Å²) in [4.78, 5) is 28.0. The van der Waals surface area contributed by atoms with Gasteiger partial charge in [0, 0.05) is 13.7 Å². The van der Waals surface area contributed by atoms with Crippen molar-refractivity contribution in [2.45, 2.75) is 13.5 Å². The van der Waals surface area contributed by atoms with Gasteiger partial charge in [0.15, 0.2) is 0 Å². The van der Waals surface area contributed by atoms with E-state index in [4.69, 9.17) is 4.74 Å². The van der Waals surface area contributed by atoms with E-state index in [0.717, 1.165) is 0 Å². The molecule has 0 radical (unpaired) electrons. The number of aromatic nitrogens is 2. The first-order valence-corrected chi connectivity index (χ1v) is 6.20. The van der Waals surface area contributed by atoms with Gasteiger partial charge in [-0.25, -0.2) is 4.98 Å². The molecular formula is C13H16N4O3. The minimum atomic E-state index is -0.349. The molecule has 1 heterocycles. The highest BCUT2D eigenvalue weighted by molar-refractivity contribution is 5.80. The molecule has 2 aromatic rings. The van der Waals surface area contributed by atoms with E-state index < -0.39 is 0 Å². The van der Waals surface area contributed by atoms with Crippen molar-refractivity contribution in [3.05, 3.63) is 34.6 Å². The summed E-state index contributed by atoms with van der Waals surface area (Å²) < 4.78 is 6.16. The van der Waals surface area contributed by atoms with Crippen molar-refractivity contribution in [3.63, 3.8) is 0 Å². The van der Waals surface area contributed by atoms with Gasteiger partial charge in [-0.15, -0.1) is 0 Å². The number of para-hydroxylation sites is 1. The second-order valence-electron chi connectivity index (χ2n) is 4.11. The van der Waals surface area contributed by atoms with Gasteiger partial charge in [0.2, 0.25) is 5.95 Å². The molecule has 20 heavy (non-hydrogen) atoms. The maximum absolute atomic E-state index is 12.3. The molecule has 0 unspecified atom stereocenters. The highest BCUT2D eigenvalue weighted by Crippen LogP contribution is 2.10. The van der Waals surface area contributed by atoms with Gasteiger partial charge in [0.1, 0.15) is 6.61 Å². The normalized spacial score (nSPS) is 10.5. The van der Waals surface area contributed by atoms with Crippen molar-refractivity contribution in [1.29, 1.82) is 0 Å². The number of ether oxygens (including phenoxy) is 1. The van der Waals surface area contributed by atoms with Gasteiger partial charge in [0.05, 0.1) is 10.9 Å². The van der Waals surface area contributed by atoms with Crippen molar-refractivity contribution < 1.29 is 9.53 Å². The summed E-state index contributed by atoms with van der Waals surface area (Å²) in [6.45, 7) is 2.20. The quantitative estimate of drug-likeness (QED) is 0.777. The summed E-state index contributed by atoms with van der Waals surface area (Å²) in [6.07, 6.45) is 0. The number of anilines is 1. The van der Waals surface area contributed by atoms with E-state index in [2.05, 4.69) is 15.8 Å². The highest BCUT2D eigenvalue weighted by atomic mass is 16.5. The lowest BCUT2D eigenvalue weighted by Gasteiger charge is -2.13. The fourth-order valence-corrected chi connectivity index (χ4v) is 1.85. The van der Waals surface area contributed by atoms with Gasteiger partial charge in [-0.3, -0.25) is 25.0 Å². The fraction of sp³-hybridized carbons (Fsp3) is 0.308. The molecule has 0 saturated carbocycles. The number of methoxy groups -OCH3 is 1. The van der Waals surface area contributed by atoms with E-state index in [9.17, 15) is 9.59 Å². The molecule has 106 valence electrons. The van der Waals surface area contributed by atoms with Gasteiger partial charge < -0.3 is 4.74 Å². The van der Waals surface area contributed by atoms with Crippen molar-refractivity contribution in [2.24, 2.45) is 0 Å². The van der Waals surface area contributed by atoms with E-state index in [-0.39, 0.29) is 18.1 Å². The number of nitrogens with zero attached hydrogens (tertiary/aromatic N) is 2. The summed E-state index contributed by atoms with van der Waals surface area (Å²) in [5.41, 5.74) is 5.51. The monoisotopic (exact) mass is 276 g/mol. The van der Waals surface area contributed by atoms with Crippen LogP contribution in [0.3, 0.4) is 0 Å². The lowest BCUT2D eigenvalue weighted by atomic mass is 10.2. The van der Waals surface area contributed by atoms with Crippen LogP contribution in [0.1, 0.15) is 6.92 Å². The van der Waals surface area contributed by atoms with E-state index in [0.29, 0.717) is 23.4 Å². The first-order chi connectivity index (χ1) is 9.67. The standard InChI is InChI=1S/C13H16N4O3/c1-3-17-12(19)9-6-4-5-7-10(9)14-13(17)16-15-11(18)8-20-2/h4-7H,3,8H2,1-2H3,(H,14,16)(H,15,18). The maximum Gasteiger partial charge on any atom is 0.264 e. The van der Waals surface area contributed by atoms with Crippen LogP contribution in [0, 0.1) is 0 Å². The van der Waals surface area contributed by atoms with Crippen molar-refractivity contribution in [2.75, 3.05) is 19.1 Å². The number of carbonyl (C=O) groups is 1. The zero-order chi connectivity index (χ0) is 14.5. The van der Waals surface area contributed by atoms with Gasteiger partial charge in [0.25, 0.3) is 11.5 Å². The number of carbonyl (C=O) groups excluding carboxylic acids is 1. The molecule has 2 N–H and O–H groups in total.